The van der Waals surface area contributed by atoms with Crippen molar-refractivity contribution < 1.29 is 13.3 Å². The lowest BCUT2D eigenvalue weighted by molar-refractivity contribution is -0.384. The number of anilines is 3. The molecule has 0 spiro atoms. The van der Waals surface area contributed by atoms with Crippen LogP contribution in [0.2, 0.25) is 0 Å². The quantitative estimate of drug-likeness (QED) is 0.258. The first kappa shape index (κ1) is 20.5. The predicted molar refractivity (Wildman–Crippen MR) is 124 cm³/mol. The fraction of sp³-hybridized carbons (Fsp3) is 0.136. The molecule has 0 saturated carbocycles. The Labute approximate surface area is 179 Å². The van der Waals surface area contributed by atoms with Crippen LogP contribution in [0.1, 0.15) is 11.1 Å². The van der Waals surface area contributed by atoms with E-state index in [9.17, 15) is 18.5 Å². The fourth-order valence-corrected chi connectivity index (χ4v) is 4.12. The molecule has 4 rings (SSSR count). The fourth-order valence-electron chi connectivity index (χ4n) is 3.56. The average molecular weight is 436 g/mol. The van der Waals surface area contributed by atoms with Crippen molar-refractivity contribution in [2.75, 3.05) is 16.3 Å². The van der Waals surface area contributed by atoms with E-state index in [-0.39, 0.29) is 5.69 Å². The second-order valence-corrected chi connectivity index (χ2v) is 9.19. The highest BCUT2D eigenvalue weighted by atomic mass is 32.2. The van der Waals surface area contributed by atoms with Crippen molar-refractivity contribution in [2.24, 2.45) is 0 Å². The zero-order valence-electron chi connectivity index (χ0n) is 17.1. The summed E-state index contributed by atoms with van der Waals surface area (Å²) in [5.74, 6) is 0. The van der Waals surface area contributed by atoms with E-state index in [4.69, 9.17) is 0 Å². The van der Waals surface area contributed by atoms with E-state index in [0.29, 0.717) is 11.2 Å². The van der Waals surface area contributed by atoms with Gasteiger partial charge in [0, 0.05) is 34.3 Å². The third kappa shape index (κ3) is 4.13. The van der Waals surface area contributed by atoms with E-state index in [1.807, 2.05) is 32.0 Å². The standard InChI is InChI=1S/C22H20N4O4S/c1-13-5-4-6-18-21(13)24-20-12-16(26(27)28)8-9-17(20)22(18)23-19-10-7-15(11-14(19)2)25-31(3,29)30/h4-12,25H,1-3H3,(H,23,24). The first-order valence-corrected chi connectivity index (χ1v) is 11.3. The van der Waals surface area contributed by atoms with Gasteiger partial charge in [0.05, 0.1) is 27.9 Å². The number of nitrogens with zero attached hydrogens (tertiary/aromatic N) is 2. The van der Waals surface area contributed by atoms with Gasteiger partial charge in [-0.3, -0.25) is 14.8 Å². The van der Waals surface area contributed by atoms with Crippen molar-refractivity contribution in [2.45, 2.75) is 13.8 Å². The van der Waals surface area contributed by atoms with Crippen LogP contribution in [-0.4, -0.2) is 24.6 Å². The van der Waals surface area contributed by atoms with Crippen molar-refractivity contribution >= 4 is 54.6 Å². The SMILES string of the molecule is Cc1cc(NS(C)(=O)=O)ccc1Nc1c2ccc([N+](=O)[O-])cc2nc2c(C)cccc12. The van der Waals surface area contributed by atoms with Crippen LogP contribution in [-0.2, 0) is 10.0 Å². The molecule has 1 heterocycles. The summed E-state index contributed by atoms with van der Waals surface area (Å²) in [6, 6.07) is 15.7. The van der Waals surface area contributed by atoms with Crippen molar-refractivity contribution in [3.8, 4) is 0 Å². The van der Waals surface area contributed by atoms with Gasteiger partial charge < -0.3 is 5.32 Å². The Morgan fingerprint density at radius 3 is 2.42 bits per heavy atom. The van der Waals surface area contributed by atoms with Crippen LogP contribution in [0.3, 0.4) is 0 Å². The number of benzene rings is 3. The Morgan fingerprint density at radius 1 is 0.968 bits per heavy atom. The number of sulfonamides is 1. The number of hydrogen-bond donors (Lipinski definition) is 2. The average Bonchev–Trinajstić information content (AvgIpc) is 2.68. The number of pyridine rings is 1. The highest BCUT2D eigenvalue weighted by Gasteiger charge is 2.15. The summed E-state index contributed by atoms with van der Waals surface area (Å²) in [5.41, 5.74) is 5.09. The number of rotatable bonds is 5. The molecule has 0 atom stereocenters. The van der Waals surface area contributed by atoms with Crippen molar-refractivity contribution in [1.82, 2.24) is 4.98 Å². The largest absolute Gasteiger partial charge is 0.354 e. The third-order valence-electron chi connectivity index (χ3n) is 4.99. The molecule has 0 saturated heterocycles. The monoisotopic (exact) mass is 436 g/mol. The first-order valence-electron chi connectivity index (χ1n) is 9.45. The topological polar surface area (TPSA) is 114 Å². The van der Waals surface area contributed by atoms with Crippen LogP contribution in [0.25, 0.3) is 21.8 Å². The smallest absolute Gasteiger partial charge is 0.271 e. The van der Waals surface area contributed by atoms with Crippen LogP contribution >= 0.6 is 0 Å². The number of aryl methyl sites for hydroxylation is 2. The van der Waals surface area contributed by atoms with Gasteiger partial charge in [-0.25, -0.2) is 13.4 Å². The van der Waals surface area contributed by atoms with E-state index in [0.717, 1.165) is 45.0 Å². The summed E-state index contributed by atoms with van der Waals surface area (Å²) in [7, 11) is -3.37. The molecule has 0 bridgehead atoms. The second kappa shape index (κ2) is 7.51. The second-order valence-electron chi connectivity index (χ2n) is 7.45. The van der Waals surface area contributed by atoms with Crippen molar-refractivity contribution in [3.05, 3.63) is 75.8 Å². The van der Waals surface area contributed by atoms with Gasteiger partial charge >= 0.3 is 0 Å². The van der Waals surface area contributed by atoms with Gasteiger partial charge in [-0.2, -0.15) is 0 Å². The molecule has 3 aromatic carbocycles. The maximum absolute atomic E-state index is 11.5. The van der Waals surface area contributed by atoms with Gasteiger partial charge in [0.15, 0.2) is 0 Å². The van der Waals surface area contributed by atoms with Crippen LogP contribution in [0.5, 0.6) is 0 Å². The maximum Gasteiger partial charge on any atom is 0.271 e. The minimum absolute atomic E-state index is 0.0220. The molecule has 0 unspecified atom stereocenters. The maximum atomic E-state index is 11.5. The van der Waals surface area contributed by atoms with Gasteiger partial charge in [-0.15, -0.1) is 0 Å². The number of non-ortho nitro benzene ring substituents is 1. The molecular weight excluding hydrogens is 416 g/mol. The number of fused-ring (bicyclic) bond motifs is 2. The Morgan fingerprint density at radius 2 is 1.74 bits per heavy atom. The van der Waals surface area contributed by atoms with Gasteiger partial charge in [-0.05, 0) is 49.2 Å². The number of hydrogen-bond acceptors (Lipinski definition) is 6. The van der Waals surface area contributed by atoms with Gasteiger partial charge in [0.25, 0.3) is 5.69 Å². The molecule has 9 heteroatoms. The molecule has 0 aliphatic carbocycles. The van der Waals surface area contributed by atoms with Crippen molar-refractivity contribution in [1.29, 1.82) is 0 Å². The molecule has 0 fully saturated rings. The van der Waals surface area contributed by atoms with E-state index in [1.54, 1.807) is 24.3 Å². The normalized spacial score (nSPS) is 11.6. The van der Waals surface area contributed by atoms with Crippen LogP contribution < -0.4 is 10.0 Å². The van der Waals surface area contributed by atoms with Crippen LogP contribution in [0.4, 0.5) is 22.7 Å². The Kier molecular flexibility index (Phi) is 4.98. The van der Waals surface area contributed by atoms with Crippen LogP contribution in [0, 0.1) is 24.0 Å². The third-order valence-corrected chi connectivity index (χ3v) is 5.60. The molecule has 1 aromatic heterocycles. The summed E-state index contributed by atoms with van der Waals surface area (Å²) < 4.78 is 25.5. The molecule has 0 radical (unpaired) electrons. The van der Waals surface area contributed by atoms with E-state index >= 15 is 0 Å². The number of aromatic nitrogens is 1. The molecule has 0 aliphatic rings. The summed E-state index contributed by atoms with van der Waals surface area (Å²) in [4.78, 5) is 15.5. The molecule has 4 aromatic rings. The molecule has 0 amide bonds. The lowest BCUT2D eigenvalue weighted by Crippen LogP contribution is -2.09. The molecule has 31 heavy (non-hydrogen) atoms. The number of para-hydroxylation sites is 1. The summed E-state index contributed by atoms with van der Waals surface area (Å²) >= 11 is 0. The summed E-state index contributed by atoms with van der Waals surface area (Å²) in [6.07, 6.45) is 1.10. The van der Waals surface area contributed by atoms with E-state index < -0.39 is 14.9 Å². The minimum atomic E-state index is -3.37. The first-order chi connectivity index (χ1) is 14.6. The molecular formula is C22H20N4O4S. The lowest BCUT2D eigenvalue weighted by Gasteiger charge is -2.16. The number of nitro benzene ring substituents is 1. The van der Waals surface area contributed by atoms with Crippen molar-refractivity contribution in [3.63, 3.8) is 0 Å². The number of nitrogens with one attached hydrogen (secondary N) is 2. The van der Waals surface area contributed by atoms with Gasteiger partial charge in [0.1, 0.15) is 0 Å². The van der Waals surface area contributed by atoms with Gasteiger partial charge in [0.2, 0.25) is 10.0 Å². The Balaban J connectivity index is 1.89. The Hall–Kier alpha value is -3.72. The summed E-state index contributed by atoms with van der Waals surface area (Å²) in [6.45, 7) is 3.82. The number of nitro groups is 1. The molecule has 158 valence electrons. The lowest BCUT2D eigenvalue weighted by atomic mass is 10.0. The highest BCUT2D eigenvalue weighted by molar-refractivity contribution is 7.92. The Bertz CT molecular complexity index is 1470. The molecule has 0 aliphatic heterocycles. The minimum Gasteiger partial charge on any atom is -0.354 e. The summed E-state index contributed by atoms with van der Waals surface area (Å²) in [5, 5.41) is 16.3. The van der Waals surface area contributed by atoms with Gasteiger partial charge in [-0.1, -0.05) is 18.2 Å². The highest BCUT2D eigenvalue weighted by Crippen LogP contribution is 2.36. The van der Waals surface area contributed by atoms with E-state index in [1.165, 1.54) is 12.1 Å². The zero-order chi connectivity index (χ0) is 22.3. The van der Waals surface area contributed by atoms with Crippen LogP contribution in [0.15, 0.2) is 54.6 Å². The predicted octanol–water partition coefficient (Wildman–Crippen LogP) is 5.03. The molecule has 8 nitrogen and oxygen atoms in total. The van der Waals surface area contributed by atoms with E-state index in [2.05, 4.69) is 15.0 Å². The molecule has 2 N–H and O–H groups in total. The zero-order valence-corrected chi connectivity index (χ0v) is 17.9.